The minimum Gasteiger partial charge on any atom is -0.404 e. The quantitative estimate of drug-likeness (QED) is 0.762. The van der Waals surface area contributed by atoms with E-state index in [1.54, 1.807) is 6.08 Å². The van der Waals surface area contributed by atoms with Gasteiger partial charge in [0, 0.05) is 18.8 Å². The van der Waals surface area contributed by atoms with Crippen molar-refractivity contribution in [3.05, 3.63) is 36.7 Å². The molecule has 17 heavy (non-hydrogen) atoms. The van der Waals surface area contributed by atoms with Gasteiger partial charge in [0.2, 0.25) is 0 Å². The molecule has 1 fully saturated rings. The van der Waals surface area contributed by atoms with E-state index in [0.29, 0.717) is 6.42 Å². The highest BCUT2D eigenvalue weighted by atomic mass is 15.1. The maximum atomic E-state index is 8.43. The monoisotopic (exact) mass is 233 g/mol. The van der Waals surface area contributed by atoms with Crippen LogP contribution in [0.5, 0.6) is 0 Å². The molecule has 0 saturated carbocycles. The number of hydrogen-bond donors (Lipinski definition) is 1. The lowest BCUT2D eigenvalue weighted by Crippen LogP contribution is -2.28. The molecule has 2 N–H and O–H groups in total. The summed E-state index contributed by atoms with van der Waals surface area (Å²) in [5.74, 6) is 0. The summed E-state index contributed by atoms with van der Waals surface area (Å²) < 4.78 is 0. The molecule has 3 heteroatoms. The molecule has 0 amide bonds. The maximum Gasteiger partial charge on any atom is 0.0745 e. The molecule has 0 radical (unpaired) electrons. The Kier molecular flexibility index (Phi) is 8.58. The first-order valence-electron chi connectivity index (χ1n) is 5.96. The lowest BCUT2D eigenvalue weighted by Gasteiger charge is -2.29. The zero-order chi connectivity index (χ0) is 13.1. The highest BCUT2D eigenvalue weighted by Gasteiger charge is 2.10. The van der Waals surface area contributed by atoms with Crippen LogP contribution in [0, 0.1) is 11.3 Å². The van der Waals surface area contributed by atoms with Crippen molar-refractivity contribution in [1.82, 2.24) is 4.90 Å². The van der Waals surface area contributed by atoms with E-state index >= 15 is 0 Å². The summed E-state index contributed by atoms with van der Waals surface area (Å²) in [4.78, 5) is 2.23. The van der Waals surface area contributed by atoms with E-state index in [4.69, 9.17) is 11.0 Å². The Morgan fingerprint density at radius 1 is 1.41 bits per heavy atom. The van der Waals surface area contributed by atoms with Gasteiger partial charge in [0.1, 0.15) is 0 Å². The number of piperidine rings is 1. The zero-order valence-electron chi connectivity index (χ0n) is 10.8. The van der Waals surface area contributed by atoms with Crippen molar-refractivity contribution in [3.8, 4) is 6.07 Å². The molecule has 0 spiro atoms. The van der Waals surface area contributed by atoms with Crippen LogP contribution in [0.25, 0.3) is 0 Å². The molecule has 0 bridgehead atoms. The fraction of sp³-hybridized carbons (Fsp3) is 0.500. The second-order valence-corrected chi connectivity index (χ2v) is 4.06. The highest BCUT2D eigenvalue weighted by molar-refractivity contribution is 5.10. The minimum absolute atomic E-state index is 0.486. The fourth-order valence-corrected chi connectivity index (χ4v) is 1.48. The number of hydrogen-bond acceptors (Lipinski definition) is 3. The molecule has 0 aromatic heterocycles. The van der Waals surface area contributed by atoms with Gasteiger partial charge in [-0.05, 0) is 38.0 Å². The first-order valence-corrected chi connectivity index (χ1v) is 5.96. The molecular weight excluding hydrogens is 210 g/mol. The Labute approximate surface area is 105 Å². The van der Waals surface area contributed by atoms with Crippen molar-refractivity contribution in [3.63, 3.8) is 0 Å². The van der Waals surface area contributed by atoms with Crippen LogP contribution in [0.2, 0.25) is 0 Å². The SMILES string of the molecule is C=C(CC#N)N1CCCCC1.C=C/C(C)=C\N. The Bertz CT molecular complexity index is 304. The molecule has 1 heterocycles. The van der Waals surface area contributed by atoms with Crippen molar-refractivity contribution in [2.24, 2.45) is 5.73 Å². The van der Waals surface area contributed by atoms with Gasteiger partial charge < -0.3 is 10.6 Å². The lowest BCUT2D eigenvalue weighted by molar-refractivity contribution is 0.283. The first kappa shape index (κ1) is 15.3. The van der Waals surface area contributed by atoms with Crippen molar-refractivity contribution < 1.29 is 0 Å². The average Bonchev–Trinajstić information content (AvgIpc) is 2.40. The largest absolute Gasteiger partial charge is 0.404 e. The Morgan fingerprint density at radius 3 is 2.35 bits per heavy atom. The van der Waals surface area contributed by atoms with E-state index in [2.05, 4.69) is 24.1 Å². The Hall–Kier alpha value is -1.69. The summed E-state index contributed by atoms with van der Waals surface area (Å²) in [5, 5.41) is 8.43. The molecule has 1 rings (SSSR count). The summed E-state index contributed by atoms with van der Waals surface area (Å²) in [6, 6.07) is 2.12. The molecule has 0 aliphatic carbocycles. The van der Waals surface area contributed by atoms with Crippen LogP contribution in [-0.2, 0) is 0 Å². The maximum absolute atomic E-state index is 8.43. The molecule has 1 saturated heterocycles. The summed E-state index contributed by atoms with van der Waals surface area (Å²) in [7, 11) is 0. The minimum atomic E-state index is 0.486. The second kappa shape index (κ2) is 9.53. The van der Waals surface area contributed by atoms with Gasteiger partial charge in [0.25, 0.3) is 0 Å². The summed E-state index contributed by atoms with van der Waals surface area (Å²) in [6.45, 7) is 11.4. The van der Waals surface area contributed by atoms with Crippen molar-refractivity contribution in [1.29, 1.82) is 5.26 Å². The molecule has 0 unspecified atom stereocenters. The molecular formula is C14H23N3. The van der Waals surface area contributed by atoms with E-state index in [1.807, 2.05) is 6.92 Å². The third-order valence-corrected chi connectivity index (χ3v) is 2.67. The van der Waals surface area contributed by atoms with Gasteiger partial charge in [-0.3, -0.25) is 0 Å². The zero-order valence-corrected chi connectivity index (χ0v) is 10.8. The van der Waals surface area contributed by atoms with Crippen LogP contribution in [-0.4, -0.2) is 18.0 Å². The van der Waals surface area contributed by atoms with E-state index in [1.165, 1.54) is 25.5 Å². The molecule has 0 aromatic rings. The van der Waals surface area contributed by atoms with E-state index in [0.717, 1.165) is 24.4 Å². The topological polar surface area (TPSA) is 53.0 Å². The molecule has 3 nitrogen and oxygen atoms in total. The van der Waals surface area contributed by atoms with Gasteiger partial charge in [-0.1, -0.05) is 19.2 Å². The lowest BCUT2D eigenvalue weighted by atomic mass is 10.1. The molecule has 1 aliphatic heterocycles. The molecule has 0 atom stereocenters. The fourth-order valence-electron chi connectivity index (χ4n) is 1.48. The van der Waals surface area contributed by atoms with Crippen LogP contribution < -0.4 is 5.73 Å². The summed E-state index contributed by atoms with van der Waals surface area (Å²) >= 11 is 0. The number of allylic oxidation sites excluding steroid dienone is 3. The van der Waals surface area contributed by atoms with Crippen LogP contribution in [0.1, 0.15) is 32.6 Å². The Balaban J connectivity index is 0.000000366. The third kappa shape index (κ3) is 7.24. The Morgan fingerprint density at radius 2 is 2.00 bits per heavy atom. The molecule has 1 aliphatic rings. The molecule has 94 valence electrons. The van der Waals surface area contributed by atoms with E-state index in [-0.39, 0.29) is 0 Å². The van der Waals surface area contributed by atoms with Gasteiger partial charge in [-0.15, -0.1) is 0 Å². The summed E-state index contributed by atoms with van der Waals surface area (Å²) in [5.41, 5.74) is 7.05. The van der Waals surface area contributed by atoms with Crippen LogP contribution in [0.15, 0.2) is 36.7 Å². The van der Waals surface area contributed by atoms with Crippen LogP contribution in [0.4, 0.5) is 0 Å². The predicted molar refractivity (Wildman–Crippen MR) is 72.9 cm³/mol. The number of nitriles is 1. The van der Waals surface area contributed by atoms with Crippen LogP contribution >= 0.6 is 0 Å². The van der Waals surface area contributed by atoms with Crippen LogP contribution in [0.3, 0.4) is 0 Å². The number of likely N-dealkylation sites (tertiary alicyclic amines) is 1. The third-order valence-electron chi connectivity index (χ3n) is 2.67. The van der Waals surface area contributed by atoms with Gasteiger partial charge in [-0.25, -0.2) is 0 Å². The van der Waals surface area contributed by atoms with Crippen molar-refractivity contribution >= 4 is 0 Å². The normalized spacial score (nSPS) is 15.3. The van der Waals surface area contributed by atoms with Crippen molar-refractivity contribution in [2.45, 2.75) is 32.6 Å². The average molecular weight is 233 g/mol. The van der Waals surface area contributed by atoms with E-state index in [9.17, 15) is 0 Å². The van der Waals surface area contributed by atoms with Crippen molar-refractivity contribution in [2.75, 3.05) is 13.1 Å². The molecule has 0 aromatic carbocycles. The number of nitrogens with zero attached hydrogens (tertiary/aromatic N) is 2. The standard InChI is InChI=1S/C9H14N2.C5H9N/c1-9(5-6-10)11-7-3-2-4-8-11;1-3-5(2)4-6/h1-5,7-8H2;3-4H,1,6H2,2H3/b;5-4-. The van der Waals surface area contributed by atoms with Gasteiger partial charge in [-0.2, -0.15) is 5.26 Å². The van der Waals surface area contributed by atoms with Gasteiger partial charge >= 0.3 is 0 Å². The smallest absolute Gasteiger partial charge is 0.0745 e. The van der Waals surface area contributed by atoms with Gasteiger partial charge in [0.15, 0.2) is 0 Å². The number of rotatable bonds is 3. The first-order chi connectivity index (χ1) is 8.15. The second-order valence-electron chi connectivity index (χ2n) is 4.06. The summed E-state index contributed by atoms with van der Waals surface area (Å²) in [6.07, 6.45) is 7.55. The van der Waals surface area contributed by atoms with E-state index < -0.39 is 0 Å². The predicted octanol–water partition coefficient (Wildman–Crippen LogP) is 2.93. The van der Waals surface area contributed by atoms with Gasteiger partial charge in [0.05, 0.1) is 12.5 Å². The highest BCUT2D eigenvalue weighted by Crippen LogP contribution is 2.14. The number of nitrogens with two attached hydrogens (primary N) is 1.